The van der Waals surface area contributed by atoms with Crippen LogP contribution in [-0.4, -0.2) is 11.4 Å². The van der Waals surface area contributed by atoms with Gasteiger partial charge in [0.1, 0.15) is 12.0 Å². The number of benzene rings is 2. The summed E-state index contributed by atoms with van der Waals surface area (Å²) in [5.41, 5.74) is 5.87. The van der Waals surface area contributed by atoms with E-state index in [0.29, 0.717) is 5.75 Å². The summed E-state index contributed by atoms with van der Waals surface area (Å²) >= 11 is 0. The molecule has 4 rings (SSSR count). The predicted molar refractivity (Wildman–Crippen MR) is 110 cm³/mol. The monoisotopic (exact) mass is 362 g/mol. The zero-order valence-corrected chi connectivity index (χ0v) is 16.5. The fraction of sp³-hybridized carbons (Fsp3) is 0.480. The number of hydrogen-bond donors (Lipinski definition) is 1. The highest BCUT2D eigenvalue weighted by molar-refractivity contribution is 5.69. The molecule has 0 saturated heterocycles. The molecule has 2 fully saturated rings. The normalized spacial score (nSPS) is 25.3. The number of aldehydes is 1. The van der Waals surface area contributed by atoms with E-state index in [2.05, 4.69) is 36.4 Å². The number of carbonyl (C=O) groups excluding carboxylic acids is 1. The molecule has 27 heavy (non-hydrogen) atoms. The number of rotatable bonds is 5. The first-order valence-corrected chi connectivity index (χ1v) is 10.4. The summed E-state index contributed by atoms with van der Waals surface area (Å²) < 4.78 is 0. The molecule has 0 heterocycles. The van der Waals surface area contributed by atoms with Crippen LogP contribution in [0.4, 0.5) is 0 Å². The van der Waals surface area contributed by atoms with Gasteiger partial charge >= 0.3 is 0 Å². The van der Waals surface area contributed by atoms with Gasteiger partial charge < -0.3 is 9.90 Å². The molecule has 2 aromatic carbocycles. The summed E-state index contributed by atoms with van der Waals surface area (Å²) in [4.78, 5) is 11.0. The van der Waals surface area contributed by atoms with E-state index >= 15 is 0 Å². The Morgan fingerprint density at radius 3 is 2.85 bits per heavy atom. The Balaban J connectivity index is 1.74. The Labute approximate surface area is 162 Å². The molecule has 0 radical (unpaired) electrons. The number of phenols is 1. The van der Waals surface area contributed by atoms with Crippen LogP contribution in [-0.2, 0) is 16.6 Å². The molecule has 2 aliphatic rings. The molecule has 142 valence electrons. The number of hydrogen-bond acceptors (Lipinski definition) is 2. The Bertz CT molecular complexity index is 849. The summed E-state index contributed by atoms with van der Waals surface area (Å²) in [5.74, 6) is 1.39. The van der Waals surface area contributed by atoms with Crippen LogP contribution in [0.5, 0.6) is 5.75 Å². The second-order valence-electron chi connectivity index (χ2n) is 8.99. The first-order valence-electron chi connectivity index (χ1n) is 10.4. The van der Waals surface area contributed by atoms with E-state index < -0.39 is 0 Å². The third kappa shape index (κ3) is 3.42. The molecule has 0 aliphatic heterocycles. The molecule has 2 aromatic rings. The highest BCUT2D eigenvalue weighted by Crippen LogP contribution is 2.55. The maximum absolute atomic E-state index is 11.0. The van der Waals surface area contributed by atoms with Crippen molar-refractivity contribution in [3.63, 3.8) is 0 Å². The van der Waals surface area contributed by atoms with Gasteiger partial charge in [0.05, 0.1) is 0 Å². The number of phenolic OH excluding ortho intramolecular Hbond substituents is 1. The zero-order chi connectivity index (χ0) is 19.0. The summed E-state index contributed by atoms with van der Waals surface area (Å²) in [6, 6.07) is 12.9. The van der Waals surface area contributed by atoms with E-state index in [9.17, 15) is 9.90 Å². The van der Waals surface area contributed by atoms with Crippen LogP contribution in [0.2, 0.25) is 0 Å². The average molecular weight is 363 g/mol. The van der Waals surface area contributed by atoms with Crippen LogP contribution in [0.25, 0.3) is 11.1 Å². The zero-order valence-electron chi connectivity index (χ0n) is 16.5. The first-order chi connectivity index (χ1) is 13.0. The Hall–Kier alpha value is -2.09. The second kappa shape index (κ2) is 7.14. The lowest BCUT2D eigenvalue weighted by Crippen LogP contribution is -2.26. The van der Waals surface area contributed by atoms with Crippen molar-refractivity contribution in [2.75, 3.05) is 0 Å². The van der Waals surface area contributed by atoms with Gasteiger partial charge in [-0.25, -0.2) is 0 Å². The minimum atomic E-state index is 0.0360. The highest BCUT2D eigenvalue weighted by Gasteiger charge is 2.44. The molecule has 2 saturated carbocycles. The van der Waals surface area contributed by atoms with E-state index in [1.807, 2.05) is 13.8 Å². The van der Waals surface area contributed by atoms with E-state index in [4.69, 9.17) is 0 Å². The van der Waals surface area contributed by atoms with Gasteiger partial charge in [-0.1, -0.05) is 44.0 Å². The Morgan fingerprint density at radius 2 is 2.04 bits per heavy atom. The van der Waals surface area contributed by atoms with Crippen molar-refractivity contribution >= 4 is 6.29 Å². The third-order valence-corrected chi connectivity index (χ3v) is 6.90. The molecule has 0 aromatic heterocycles. The van der Waals surface area contributed by atoms with Gasteiger partial charge in [-0.3, -0.25) is 0 Å². The number of fused-ring (bicyclic) bond motifs is 2. The molecule has 2 bridgehead atoms. The second-order valence-corrected chi connectivity index (χ2v) is 8.99. The van der Waals surface area contributed by atoms with Crippen LogP contribution >= 0.6 is 0 Å². The number of aryl methyl sites for hydroxylation is 1. The molecular formula is C25H30O2. The maximum atomic E-state index is 11.0. The number of aromatic hydroxyl groups is 1. The quantitative estimate of drug-likeness (QED) is 0.666. The Morgan fingerprint density at radius 1 is 1.19 bits per heavy atom. The van der Waals surface area contributed by atoms with E-state index in [-0.39, 0.29) is 11.3 Å². The number of carbonyl (C=O) groups is 1. The lowest BCUT2D eigenvalue weighted by Gasteiger charge is -2.35. The Kier molecular flexibility index (Phi) is 4.84. The average Bonchev–Trinajstić information content (AvgIpc) is 2.98. The summed E-state index contributed by atoms with van der Waals surface area (Å²) in [6.07, 6.45) is 9.40. The summed E-state index contributed by atoms with van der Waals surface area (Å²) in [6.45, 7) is 3.98. The van der Waals surface area contributed by atoms with E-state index in [0.717, 1.165) is 24.2 Å². The fourth-order valence-corrected chi connectivity index (χ4v) is 5.47. The maximum Gasteiger partial charge on any atom is 0.123 e. The largest absolute Gasteiger partial charge is 0.507 e. The van der Waals surface area contributed by atoms with Crippen molar-refractivity contribution in [2.24, 2.45) is 11.8 Å². The van der Waals surface area contributed by atoms with Crippen molar-refractivity contribution in [1.29, 1.82) is 0 Å². The van der Waals surface area contributed by atoms with Crippen LogP contribution < -0.4 is 0 Å². The molecule has 0 spiro atoms. The van der Waals surface area contributed by atoms with Crippen LogP contribution in [0.15, 0.2) is 36.4 Å². The SMILES string of the molecule is Cc1cc(-c2cccc(CC(C)C=O)c2)cc(C23CCCC(CC2)C3)c1O. The lowest BCUT2D eigenvalue weighted by atomic mass is 9.70. The van der Waals surface area contributed by atoms with Crippen LogP contribution in [0.1, 0.15) is 62.1 Å². The molecule has 3 atom stereocenters. The molecule has 3 unspecified atom stereocenters. The standard InChI is InChI=1S/C25H30O2/c1-17(16-26)11-20-5-3-7-21(13-20)22-12-18(2)24(27)23(14-22)25-9-4-6-19(15-25)8-10-25/h3,5,7,12-14,16-17,19,27H,4,6,8-11,15H2,1-2H3. The topological polar surface area (TPSA) is 37.3 Å². The smallest absolute Gasteiger partial charge is 0.123 e. The van der Waals surface area contributed by atoms with Crippen molar-refractivity contribution in [3.05, 3.63) is 53.1 Å². The van der Waals surface area contributed by atoms with Gasteiger partial charge in [-0.15, -0.1) is 0 Å². The molecule has 1 N–H and O–H groups in total. The predicted octanol–water partition coefficient (Wildman–Crippen LogP) is 5.97. The van der Waals surface area contributed by atoms with Crippen molar-refractivity contribution < 1.29 is 9.90 Å². The van der Waals surface area contributed by atoms with E-state index in [1.54, 1.807) is 0 Å². The molecule has 0 amide bonds. The van der Waals surface area contributed by atoms with Crippen molar-refractivity contribution in [3.8, 4) is 16.9 Å². The minimum Gasteiger partial charge on any atom is -0.507 e. The first kappa shape index (κ1) is 18.3. The fourth-order valence-electron chi connectivity index (χ4n) is 5.47. The van der Waals surface area contributed by atoms with Crippen LogP contribution in [0, 0.1) is 18.8 Å². The highest BCUT2D eigenvalue weighted by atomic mass is 16.3. The van der Waals surface area contributed by atoms with Crippen molar-refractivity contribution in [1.82, 2.24) is 0 Å². The van der Waals surface area contributed by atoms with Crippen LogP contribution in [0.3, 0.4) is 0 Å². The molecule has 2 nitrogen and oxygen atoms in total. The third-order valence-electron chi connectivity index (χ3n) is 6.90. The van der Waals surface area contributed by atoms with Gasteiger partial charge in [-0.2, -0.15) is 0 Å². The van der Waals surface area contributed by atoms with Gasteiger partial charge in [0.25, 0.3) is 0 Å². The van der Waals surface area contributed by atoms with Gasteiger partial charge in [-0.05, 0) is 84.7 Å². The molecule has 2 heteroatoms. The summed E-state index contributed by atoms with van der Waals surface area (Å²) in [7, 11) is 0. The minimum absolute atomic E-state index is 0.0360. The van der Waals surface area contributed by atoms with Gasteiger partial charge in [0.2, 0.25) is 0 Å². The molecule has 2 aliphatic carbocycles. The lowest BCUT2D eigenvalue weighted by molar-refractivity contribution is -0.110. The van der Waals surface area contributed by atoms with Gasteiger partial charge in [0, 0.05) is 11.5 Å². The summed E-state index contributed by atoms with van der Waals surface area (Å²) in [5, 5.41) is 10.9. The van der Waals surface area contributed by atoms with Gasteiger partial charge in [0.15, 0.2) is 0 Å². The van der Waals surface area contributed by atoms with E-state index in [1.165, 1.54) is 60.8 Å². The molecular weight excluding hydrogens is 332 g/mol. The van der Waals surface area contributed by atoms with Crippen molar-refractivity contribution in [2.45, 2.75) is 64.2 Å².